The van der Waals surface area contributed by atoms with Crippen LogP contribution < -0.4 is 11.1 Å². The standard InChI is InChI=1S/C17H24N2OS/c1-12-6-5-9-14(11-10-12)19-17(20)15(16(18)21)13-7-3-2-4-8-13/h2-4,7-8,12,14-15H,5-6,9-11H2,1H3,(H2,18,21)(H,19,20). The first kappa shape index (κ1) is 16.0. The summed E-state index contributed by atoms with van der Waals surface area (Å²) < 4.78 is 0. The van der Waals surface area contributed by atoms with E-state index in [9.17, 15) is 4.79 Å². The summed E-state index contributed by atoms with van der Waals surface area (Å²) in [6, 6.07) is 9.78. The highest BCUT2D eigenvalue weighted by Crippen LogP contribution is 2.24. The minimum absolute atomic E-state index is 0.0618. The van der Waals surface area contributed by atoms with Crippen molar-refractivity contribution >= 4 is 23.1 Å². The number of nitrogens with two attached hydrogens (primary N) is 1. The Hall–Kier alpha value is -1.42. The Balaban J connectivity index is 2.04. The SMILES string of the molecule is CC1CCCC(NC(=O)C(C(N)=S)c2ccccc2)CC1. The van der Waals surface area contributed by atoms with Crippen LogP contribution in [-0.2, 0) is 4.79 Å². The van der Waals surface area contributed by atoms with Gasteiger partial charge >= 0.3 is 0 Å². The molecule has 1 fully saturated rings. The maximum Gasteiger partial charge on any atom is 0.234 e. The van der Waals surface area contributed by atoms with E-state index in [2.05, 4.69) is 12.2 Å². The van der Waals surface area contributed by atoms with Gasteiger partial charge in [-0.3, -0.25) is 4.79 Å². The Labute approximate surface area is 132 Å². The molecule has 1 amide bonds. The predicted octanol–water partition coefficient (Wildman–Crippen LogP) is 3.14. The molecule has 0 spiro atoms. The smallest absolute Gasteiger partial charge is 0.234 e. The third kappa shape index (κ3) is 4.53. The molecule has 3 N–H and O–H groups in total. The molecule has 0 heterocycles. The molecule has 0 bridgehead atoms. The second-order valence-electron chi connectivity index (χ2n) is 6.07. The van der Waals surface area contributed by atoms with Crippen molar-refractivity contribution in [3.63, 3.8) is 0 Å². The highest BCUT2D eigenvalue weighted by Gasteiger charge is 2.26. The van der Waals surface area contributed by atoms with Gasteiger partial charge in [0.25, 0.3) is 0 Å². The van der Waals surface area contributed by atoms with Crippen LogP contribution in [0.15, 0.2) is 30.3 Å². The molecule has 3 atom stereocenters. The van der Waals surface area contributed by atoms with Crippen LogP contribution in [0, 0.1) is 5.92 Å². The Morgan fingerprint density at radius 1 is 1.24 bits per heavy atom. The molecule has 1 aromatic carbocycles. The average Bonchev–Trinajstić information content (AvgIpc) is 2.65. The van der Waals surface area contributed by atoms with Crippen molar-refractivity contribution in [1.82, 2.24) is 5.32 Å². The van der Waals surface area contributed by atoms with E-state index in [0.717, 1.165) is 24.3 Å². The normalized spacial score (nSPS) is 23.9. The monoisotopic (exact) mass is 304 g/mol. The molecule has 0 aromatic heterocycles. The number of amides is 1. The zero-order valence-corrected chi connectivity index (χ0v) is 13.4. The van der Waals surface area contributed by atoms with E-state index in [4.69, 9.17) is 18.0 Å². The minimum Gasteiger partial charge on any atom is -0.392 e. The molecule has 1 aliphatic carbocycles. The van der Waals surface area contributed by atoms with Gasteiger partial charge < -0.3 is 11.1 Å². The third-order valence-electron chi connectivity index (χ3n) is 4.28. The third-order valence-corrected chi connectivity index (χ3v) is 4.52. The zero-order valence-electron chi connectivity index (χ0n) is 12.5. The summed E-state index contributed by atoms with van der Waals surface area (Å²) in [5, 5.41) is 3.15. The fourth-order valence-electron chi connectivity index (χ4n) is 3.01. The molecule has 0 saturated heterocycles. The predicted molar refractivity (Wildman–Crippen MR) is 90.1 cm³/mol. The largest absolute Gasteiger partial charge is 0.392 e. The molecular weight excluding hydrogens is 280 g/mol. The van der Waals surface area contributed by atoms with Gasteiger partial charge in [0.05, 0.1) is 4.99 Å². The van der Waals surface area contributed by atoms with E-state index < -0.39 is 5.92 Å². The lowest BCUT2D eigenvalue weighted by atomic mass is 9.97. The summed E-state index contributed by atoms with van der Waals surface area (Å²) in [6.07, 6.45) is 5.70. The minimum atomic E-state index is -0.526. The fourth-order valence-corrected chi connectivity index (χ4v) is 3.25. The molecule has 0 aliphatic heterocycles. The maximum absolute atomic E-state index is 12.6. The van der Waals surface area contributed by atoms with Crippen molar-refractivity contribution in [3.05, 3.63) is 35.9 Å². The number of carbonyl (C=O) groups is 1. The van der Waals surface area contributed by atoms with Gasteiger partial charge in [0.15, 0.2) is 0 Å². The lowest BCUT2D eigenvalue weighted by Crippen LogP contribution is -2.41. The second kappa shape index (κ2) is 7.55. The molecule has 114 valence electrons. The highest BCUT2D eigenvalue weighted by molar-refractivity contribution is 7.80. The molecule has 3 nitrogen and oxygen atoms in total. The number of rotatable bonds is 4. The number of nitrogens with one attached hydrogen (secondary N) is 1. The molecular formula is C17H24N2OS. The Bertz CT molecular complexity index is 489. The molecule has 0 radical (unpaired) electrons. The van der Waals surface area contributed by atoms with Crippen molar-refractivity contribution < 1.29 is 4.79 Å². The Morgan fingerprint density at radius 3 is 2.62 bits per heavy atom. The van der Waals surface area contributed by atoms with E-state index in [1.807, 2.05) is 30.3 Å². The fraction of sp³-hybridized carbons (Fsp3) is 0.529. The molecule has 2 rings (SSSR count). The number of hydrogen-bond acceptors (Lipinski definition) is 2. The molecule has 1 aliphatic rings. The second-order valence-corrected chi connectivity index (χ2v) is 6.54. The summed E-state index contributed by atoms with van der Waals surface area (Å²) in [5.41, 5.74) is 6.66. The van der Waals surface area contributed by atoms with E-state index in [-0.39, 0.29) is 16.9 Å². The summed E-state index contributed by atoms with van der Waals surface area (Å²) in [4.78, 5) is 12.8. The van der Waals surface area contributed by atoms with E-state index >= 15 is 0 Å². The summed E-state index contributed by atoms with van der Waals surface area (Å²) >= 11 is 5.11. The molecule has 1 aromatic rings. The van der Waals surface area contributed by atoms with Crippen LogP contribution in [-0.4, -0.2) is 16.9 Å². The van der Waals surface area contributed by atoms with Crippen molar-refractivity contribution in [2.45, 2.75) is 51.0 Å². The first-order valence-corrected chi connectivity index (χ1v) is 8.13. The summed E-state index contributed by atoms with van der Waals surface area (Å²) in [6.45, 7) is 2.28. The number of benzene rings is 1. The van der Waals surface area contributed by atoms with Crippen molar-refractivity contribution in [3.8, 4) is 0 Å². The van der Waals surface area contributed by atoms with Crippen LogP contribution in [0.25, 0.3) is 0 Å². The molecule has 4 heteroatoms. The Kier molecular flexibility index (Phi) is 5.74. The summed E-state index contributed by atoms with van der Waals surface area (Å²) in [7, 11) is 0. The first-order chi connectivity index (χ1) is 10.1. The van der Waals surface area contributed by atoms with Gasteiger partial charge in [0.2, 0.25) is 5.91 Å². The van der Waals surface area contributed by atoms with Crippen molar-refractivity contribution in [1.29, 1.82) is 0 Å². The van der Waals surface area contributed by atoms with Crippen LogP contribution in [0.4, 0.5) is 0 Å². The van der Waals surface area contributed by atoms with Crippen LogP contribution in [0.2, 0.25) is 0 Å². The van der Waals surface area contributed by atoms with Gasteiger partial charge in [-0.2, -0.15) is 0 Å². The van der Waals surface area contributed by atoms with E-state index in [1.165, 1.54) is 19.3 Å². The van der Waals surface area contributed by atoms with Gasteiger partial charge in [-0.15, -0.1) is 0 Å². The van der Waals surface area contributed by atoms with Crippen LogP contribution in [0.1, 0.15) is 50.5 Å². The van der Waals surface area contributed by atoms with Crippen LogP contribution in [0.5, 0.6) is 0 Å². The number of hydrogen-bond donors (Lipinski definition) is 2. The molecule has 3 unspecified atom stereocenters. The van der Waals surface area contributed by atoms with Gasteiger partial charge in [0, 0.05) is 6.04 Å². The molecule has 21 heavy (non-hydrogen) atoms. The highest BCUT2D eigenvalue weighted by atomic mass is 32.1. The van der Waals surface area contributed by atoms with Gasteiger partial charge in [-0.05, 0) is 30.7 Å². The number of carbonyl (C=O) groups excluding carboxylic acids is 1. The lowest BCUT2D eigenvalue weighted by molar-refractivity contribution is -0.121. The van der Waals surface area contributed by atoms with E-state index in [0.29, 0.717) is 0 Å². The quantitative estimate of drug-likeness (QED) is 0.664. The summed E-state index contributed by atoms with van der Waals surface area (Å²) in [5.74, 6) is 0.169. The van der Waals surface area contributed by atoms with Crippen molar-refractivity contribution in [2.24, 2.45) is 11.7 Å². The van der Waals surface area contributed by atoms with Crippen molar-refractivity contribution in [2.75, 3.05) is 0 Å². The van der Waals surface area contributed by atoms with E-state index in [1.54, 1.807) is 0 Å². The zero-order chi connectivity index (χ0) is 15.2. The number of thiocarbonyl (C=S) groups is 1. The average molecular weight is 304 g/mol. The maximum atomic E-state index is 12.6. The molecule has 1 saturated carbocycles. The topological polar surface area (TPSA) is 55.1 Å². The lowest BCUT2D eigenvalue weighted by Gasteiger charge is -2.21. The van der Waals surface area contributed by atoms with Gasteiger partial charge in [-0.25, -0.2) is 0 Å². The van der Waals surface area contributed by atoms with Crippen LogP contribution in [0.3, 0.4) is 0 Å². The Morgan fingerprint density at radius 2 is 1.95 bits per heavy atom. The van der Waals surface area contributed by atoms with Gasteiger partial charge in [-0.1, -0.05) is 62.3 Å². The van der Waals surface area contributed by atoms with Gasteiger partial charge in [0.1, 0.15) is 5.92 Å². The first-order valence-electron chi connectivity index (χ1n) is 7.72. The van der Waals surface area contributed by atoms with Crippen LogP contribution >= 0.6 is 12.2 Å².